The summed E-state index contributed by atoms with van der Waals surface area (Å²) in [6.45, 7) is 7.21. The zero-order valence-corrected chi connectivity index (χ0v) is 10.2. The Morgan fingerprint density at radius 1 is 1.64 bits per heavy atom. The van der Waals surface area contributed by atoms with Crippen LogP contribution in [-0.4, -0.2) is 18.1 Å². The van der Waals surface area contributed by atoms with Gasteiger partial charge in [0.1, 0.15) is 12.4 Å². The average Bonchev–Trinajstić information content (AvgIpc) is 2.19. The average molecular weight is 304 g/mol. The number of pyridine rings is 1. The lowest BCUT2D eigenvalue weighted by Crippen LogP contribution is -2.08. The predicted molar refractivity (Wildman–Crippen MR) is 66.0 cm³/mol. The Kier molecular flexibility index (Phi) is 4.89. The van der Waals surface area contributed by atoms with Gasteiger partial charge in [0.05, 0.1) is 0 Å². The van der Waals surface area contributed by atoms with Crippen LogP contribution in [0.1, 0.15) is 11.3 Å². The van der Waals surface area contributed by atoms with Crippen molar-refractivity contribution in [1.82, 2.24) is 8.51 Å². The molecule has 3 nitrogen and oxygen atoms in total. The molecule has 0 aromatic carbocycles. The second kappa shape index (κ2) is 5.98. The lowest BCUT2D eigenvalue weighted by molar-refractivity contribution is 0.286. The molecular formula is C10H13IN2O. The quantitative estimate of drug-likeness (QED) is 0.392. The minimum atomic E-state index is 0.621. The van der Waals surface area contributed by atoms with Crippen molar-refractivity contribution in [2.45, 2.75) is 6.92 Å². The van der Waals surface area contributed by atoms with Gasteiger partial charge in [-0.2, -0.15) is 0 Å². The summed E-state index contributed by atoms with van der Waals surface area (Å²) in [6, 6.07) is 3.91. The number of aryl methyl sites for hydroxylation is 1. The number of halogens is 1. The monoisotopic (exact) mass is 304 g/mol. The Hall–Kier alpha value is -0.620. The summed E-state index contributed by atoms with van der Waals surface area (Å²) < 4.78 is 8.38. The van der Waals surface area contributed by atoms with E-state index in [4.69, 9.17) is 4.74 Å². The van der Waals surface area contributed by atoms with Gasteiger partial charge in [0.2, 0.25) is 0 Å². The van der Waals surface area contributed by atoms with E-state index in [9.17, 15) is 0 Å². The Balaban J connectivity index is 2.48. The predicted octanol–water partition coefficient (Wildman–Crippen LogP) is 2.32. The summed E-state index contributed by atoms with van der Waals surface area (Å²) in [5, 5.41) is 0. The van der Waals surface area contributed by atoms with Crippen LogP contribution in [0.25, 0.3) is 5.76 Å². The standard InChI is InChI=1S/C10H13IN2O/c1-8-3-4-10(7-12-8)9(2)14-6-5-13-11/h3-4,7,13H,2,5-6H2,1H3. The first kappa shape index (κ1) is 11.5. The molecule has 0 fully saturated rings. The number of hydrogen-bond donors (Lipinski definition) is 1. The third-order valence-electron chi connectivity index (χ3n) is 1.71. The van der Waals surface area contributed by atoms with Gasteiger partial charge in [-0.05, 0) is 19.1 Å². The summed E-state index contributed by atoms with van der Waals surface area (Å²) in [5.74, 6) is 0.671. The lowest BCUT2D eigenvalue weighted by atomic mass is 10.2. The number of nitrogens with zero attached hydrogens (tertiary/aromatic N) is 1. The summed E-state index contributed by atoms with van der Waals surface area (Å²) in [4.78, 5) is 4.17. The minimum Gasteiger partial charge on any atom is -0.492 e. The van der Waals surface area contributed by atoms with Crippen LogP contribution in [0.5, 0.6) is 0 Å². The Morgan fingerprint density at radius 3 is 3.00 bits per heavy atom. The molecule has 0 bridgehead atoms. The lowest BCUT2D eigenvalue weighted by Gasteiger charge is -2.08. The molecule has 0 spiro atoms. The Bertz CT molecular complexity index is 297. The molecule has 0 amide bonds. The number of rotatable bonds is 5. The van der Waals surface area contributed by atoms with E-state index in [0.717, 1.165) is 17.8 Å². The van der Waals surface area contributed by atoms with Crippen molar-refractivity contribution in [2.75, 3.05) is 13.2 Å². The molecule has 0 radical (unpaired) electrons. The molecule has 0 atom stereocenters. The zero-order valence-electron chi connectivity index (χ0n) is 8.09. The maximum absolute atomic E-state index is 5.41. The van der Waals surface area contributed by atoms with E-state index < -0.39 is 0 Å². The summed E-state index contributed by atoms with van der Waals surface area (Å²) in [5.41, 5.74) is 1.93. The first-order valence-corrected chi connectivity index (χ1v) is 5.40. The maximum Gasteiger partial charge on any atom is 0.120 e. The molecule has 0 saturated carbocycles. The molecule has 1 heterocycles. The minimum absolute atomic E-state index is 0.621. The van der Waals surface area contributed by atoms with Crippen LogP contribution in [0, 0.1) is 6.92 Å². The number of aromatic nitrogens is 1. The Morgan fingerprint density at radius 2 is 2.43 bits per heavy atom. The number of hydrogen-bond acceptors (Lipinski definition) is 3. The van der Waals surface area contributed by atoms with Gasteiger partial charge in [-0.15, -0.1) is 0 Å². The molecule has 0 aliphatic rings. The van der Waals surface area contributed by atoms with Crippen LogP contribution in [0.3, 0.4) is 0 Å². The fraction of sp³-hybridized carbons (Fsp3) is 0.300. The van der Waals surface area contributed by atoms with Gasteiger partial charge < -0.3 is 4.74 Å². The van der Waals surface area contributed by atoms with Crippen LogP contribution >= 0.6 is 22.9 Å². The van der Waals surface area contributed by atoms with E-state index in [-0.39, 0.29) is 0 Å². The van der Waals surface area contributed by atoms with Crippen molar-refractivity contribution in [1.29, 1.82) is 0 Å². The molecule has 1 aromatic rings. The van der Waals surface area contributed by atoms with E-state index in [1.165, 1.54) is 0 Å². The first-order chi connectivity index (χ1) is 6.74. The van der Waals surface area contributed by atoms with E-state index in [0.29, 0.717) is 12.4 Å². The fourth-order valence-corrected chi connectivity index (χ4v) is 1.15. The van der Waals surface area contributed by atoms with Crippen molar-refractivity contribution < 1.29 is 4.74 Å². The molecule has 14 heavy (non-hydrogen) atoms. The SMILES string of the molecule is C=C(OCCNI)c1ccc(C)nc1. The molecule has 76 valence electrons. The highest BCUT2D eigenvalue weighted by atomic mass is 127. The van der Waals surface area contributed by atoms with Gasteiger partial charge in [0.25, 0.3) is 0 Å². The largest absolute Gasteiger partial charge is 0.492 e. The third kappa shape index (κ3) is 3.63. The molecule has 0 unspecified atom stereocenters. The van der Waals surface area contributed by atoms with Crippen molar-refractivity contribution in [3.8, 4) is 0 Å². The molecule has 1 aromatic heterocycles. The normalized spacial score (nSPS) is 9.86. The van der Waals surface area contributed by atoms with Gasteiger partial charge in [-0.25, -0.2) is 0 Å². The highest BCUT2D eigenvalue weighted by molar-refractivity contribution is 14.1. The third-order valence-corrected chi connectivity index (χ3v) is 2.25. The van der Waals surface area contributed by atoms with E-state index in [1.807, 2.05) is 19.1 Å². The van der Waals surface area contributed by atoms with Crippen LogP contribution in [0.15, 0.2) is 24.9 Å². The fourth-order valence-electron chi connectivity index (χ4n) is 0.929. The summed E-state index contributed by atoms with van der Waals surface area (Å²) >= 11 is 2.08. The second-order valence-corrected chi connectivity index (χ2v) is 3.61. The summed E-state index contributed by atoms with van der Waals surface area (Å²) in [6.07, 6.45) is 1.77. The van der Waals surface area contributed by atoms with Crippen molar-refractivity contribution in [3.63, 3.8) is 0 Å². The van der Waals surface area contributed by atoms with Gasteiger partial charge in [-0.3, -0.25) is 8.51 Å². The van der Waals surface area contributed by atoms with E-state index in [1.54, 1.807) is 6.20 Å². The van der Waals surface area contributed by atoms with Crippen molar-refractivity contribution in [2.24, 2.45) is 0 Å². The van der Waals surface area contributed by atoms with E-state index >= 15 is 0 Å². The maximum atomic E-state index is 5.41. The highest BCUT2D eigenvalue weighted by Gasteiger charge is 1.99. The molecule has 1 rings (SSSR count). The topological polar surface area (TPSA) is 34.1 Å². The molecule has 0 saturated heterocycles. The first-order valence-electron chi connectivity index (χ1n) is 4.32. The molecular weight excluding hydrogens is 291 g/mol. The highest BCUT2D eigenvalue weighted by Crippen LogP contribution is 2.12. The van der Waals surface area contributed by atoms with Crippen molar-refractivity contribution in [3.05, 3.63) is 36.2 Å². The van der Waals surface area contributed by atoms with Crippen LogP contribution in [0.4, 0.5) is 0 Å². The Labute approximate surface area is 98.1 Å². The van der Waals surface area contributed by atoms with Crippen molar-refractivity contribution >= 4 is 28.6 Å². The van der Waals surface area contributed by atoms with Gasteiger partial charge >= 0.3 is 0 Å². The van der Waals surface area contributed by atoms with E-state index in [2.05, 4.69) is 38.0 Å². The second-order valence-electron chi connectivity index (χ2n) is 2.84. The van der Waals surface area contributed by atoms with Crippen LogP contribution in [-0.2, 0) is 4.74 Å². The molecule has 0 aliphatic heterocycles. The molecule has 4 heteroatoms. The number of ether oxygens (including phenoxy) is 1. The smallest absolute Gasteiger partial charge is 0.120 e. The molecule has 0 aliphatic carbocycles. The summed E-state index contributed by atoms with van der Waals surface area (Å²) in [7, 11) is 0. The zero-order chi connectivity index (χ0) is 10.4. The van der Waals surface area contributed by atoms with Gasteiger partial charge in [0.15, 0.2) is 0 Å². The number of nitrogens with one attached hydrogen (secondary N) is 1. The van der Waals surface area contributed by atoms with Crippen LogP contribution in [0.2, 0.25) is 0 Å². The van der Waals surface area contributed by atoms with Gasteiger partial charge in [-0.1, -0.05) is 6.58 Å². The van der Waals surface area contributed by atoms with Gasteiger partial charge in [0, 0.05) is 46.9 Å². The van der Waals surface area contributed by atoms with Crippen LogP contribution < -0.4 is 3.53 Å². The molecule has 1 N–H and O–H groups in total.